The molecule has 1 fully saturated rings. The number of rotatable bonds is 8. The van der Waals surface area contributed by atoms with E-state index >= 15 is 0 Å². The summed E-state index contributed by atoms with van der Waals surface area (Å²) in [6.07, 6.45) is 1.23. The van der Waals surface area contributed by atoms with E-state index in [1.165, 1.54) is 16.7 Å². The van der Waals surface area contributed by atoms with Crippen LogP contribution in [-0.2, 0) is 0 Å². The van der Waals surface area contributed by atoms with Crippen LogP contribution in [0.3, 0.4) is 0 Å². The van der Waals surface area contributed by atoms with E-state index in [0.29, 0.717) is 30.9 Å². The second-order valence-corrected chi connectivity index (χ2v) is 9.88. The molecule has 0 spiro atoms. The van der Waals surface area contributed by atoms with Crippen molar-refractivity contribution in [2.24, 2.45) is 5.92 Å². The summed E-state index contributed by atoms with van der Waals surface area (Å²) in [6, 6.07) is 12.3. The summed E-state index contributed by atoms with van der Waals surface area (Å²) in [5.41, 5.74) is 1.73. The van der Waals surface area contributed by atoms with Gasteiger partial charge in [0.1, 0.15) is 5.82 Å². The molecule has 1 atom stereocenters. The molecule has 1 aliphatic heterocycles. The predicted octanol–water partition coefficient (Wildman–Crippen LogP) is 4.61. The number of aromatic nitrogens is 2. The van der Waals surface area contributed by atoms with Crippen LogP contribution in [0.25, 0.3) is 11.0 Å². The van der Waals surface area contributed by atoms with Crippen LogP contribution in [0, 0.1) is 11.7 Å². The maximum Gasteiger partial charge on any atom is 0.405 e. The van der Waals surface area contributed by atoms with Gasteiger partial charge in [-0.05, 0) is 81.9 Å². The fourth-order valence-corrected chi connectivity index (χ4v) is 5.07. The van der Waals surface area contributed by atoms with Gasteiger partial charge in [-0.3, -0.25) is 4.57 Å². The van der Waals surface area contributed by atoms with Crippen molar-refractivity contribution in [3.05, 3.63) is 70.4 Å². The Hall–Kier alpha value is -3.37. The number of fused-ring (bicyclic) bond motifs is 1. The lowest BCUT2D eigenvalue weighted by atomic mass is 9.96. The quantitative estimate of drug-likeness (QED) is 0.381. The SMILES string of the molecule is CC(C)n1c(=O)n(C(=O)NCC2CCN(CCC(NC(=O)O)c3ccc(F)cc3)CC2)c2ccccc21.Cl. The minimum absolute atomic E-state index is 0. The van der Waals surface area contributed by atoms with Crippen LogP contribution in [0.5, 0.6) is 0 Å². The number of halogens is 2. The molecule has 4 rings (SSSR count). The maximum absolute atomic E-state index is 13.3. The average Bonchev–Trinajstić information content (AvgIpc) is 3.18. The molecule has 0 radical (unpaired) electrons. The summed E-state index contributed by atoms with van der Waals surface area (Å²) in [5.74, 6) is -0.0677. The van der Waals surface area contributed by atoms with Gasteiger partial charge in [0.05, 0.1) is 17.1 Å². The van der Waals surface area contributed by atoms with Crippen LogP contribution in [0.4, 0.5) is 14.0 Å². The van der Waals surface area contributed by atoms with Crippen molar-refractivity contribution in [2.45, 2.75) is 45.2 Å². The number of carboxylic acid groups (broad SMARTS) is 1. The number of para-hydroxylation sites is 2. The van der Waals surface area contributed by atoms with Crippen molar-refractivity contribution in [2.75, 3.05) is 26.2 Å². The third-order valence-corrected chi connectivity index (χ3v) is 7.05. The van der Waals surface area contributed by atoms with Gasteiger partial charge in [-0.25, -0.2) is 23.3 Å². The zero-order chi connectivity index (χ0) is 26.5. The Balaban J connectivity index is 0.00000400. The van der Waals surface area contributed by atoms with Crippen LogP contribution in [0.15, 0.2) is 53.3 Å². The highest BCUT2D eigenvalue weighted by Gasteiger charge is 2.24. The molecule has 38 heavy (non-hydrogen) atoms. The molecular weight excluding hydrogens is 513 g/mol. The van der Waals surface area contributed by atoms with E-state index in [1.54, 1.807) is 22.8 Å². The number of carbonyl (C=O) groups is 2. The van der Waals surface area contributed by atoms with Crippen molar-refractivity contribution >= 4 is 35.6 Å². The minimum Gasteiger partial charge on any atom is -0.465 e. The number of nitrogens with one attached hydrogen (secondary N) is 2. The summed E-state index contributed by atoms with van der Waals surface area (Å²) in [6.45, 7) is 6.68. The fraction of sp³-hybridized carbons (Fsp3) is 0.444. The van der Waals surface area contributed by atoms with E-state index in [9.17, 15) is 23.9 Å². The smallest absolute Gasteiger partial charge is 0.405 e. The number of carbonyl (C=O) groups excluding carboxylic acids is 1. The van der Waals surface area contributed by atoms with E-state index in [0.717, 1.165) is 37.0 Å². The Bertz CT molecular complexity index is 1300. The Labute approximate surface area is 227 Å². The van der Waals surface area contributed by atoms with E-state index in [2.05, 4.69) is 15.5 Å². The van der Waals surface area contributed by atoms with Crippen LogP contribution < -0.4 is 16.3 Å². The first-order valence-electron chi connectivity index (χ1n) is 12.7. The largest absolute Gasteiger partial charge is 0.465 e. The van der Waals surface area contributed by atoms with E-state index in [4.69, 9.17) is 0 Å². The molecule has 0 bridgehead atoms. The molecule has 9 nitrogen and oxygen atoms in total. The van der Waals surface area contributed by atoms with Gasteiger partial charge < -0.3 is 20.6 Å². The number of piperidine rings is 1. The summed E-state index contributed by atoms with van der Waals surface area (Å²) in [7, 11) is 0. The van der Waals surface area contributed by atoms with Gasteiger partial charge in [0, 0.05) is 19.1 Å². The molecule has 3 N–H and O–H groups in total. The first-order chi connectivity index (χ1) is 17.7. The predicted molar refractivity (Wildman–Crippen MR) is 147 cm³/mol. The highest BCUT2D eigenvalue weighted by molar-refractivity contribution is 5.89. The van der Waals surface area contributed by atoms with Gasteiger partial charge in [0.25, 0.3) is 0 Å². The normalized spacial score (nSPS) is 15.3. The minimum atomic E-state index is -1.11. The van der Waals surface area contributed by atoms with E-state index in [1.807, 2.05) is 32.0 Å². The molecule has 1 unspecified atom stereocenters. The Morgan fingerprint density at radius 3 is 2.29 bits per heavy atom. The topological polar surface area (TPSA) is 109 Å². The molecule has 2 heterocycles. The van der Waals surface area contributed by atoms with Gasteiger partial charge in [-0.15, -0.1) is 12.4 Å². The zero-order valence-corrected chi connectivity index (χ0v) is 22.4. The standard InChI is InChI=1S/C27H34FN5O4.ClH/c1-18(2)32-23-5-3-4-6-24(23)33(27(32)37)25(34)29-17-19-11-14-31(15-12-19)16-13-22(30-26(35)36)20-7-9-21(28)10-8-20;/h3-10,18-19,22,30H,11-17H2,1-2H3,(H,29,34)(H,35,36);1H. The molecule has 1 aliphatic rings. The number of amides is 2. The molecule has 3 aromatic rings. The number of imidazole rings is 1. The molecule has 206 valence electrons. The molecule has 2 amide bonds. The van der Waals surface area contributed by atoms with Crippen molar-refractivity contribution in [3.63, 3.8) is 0 Å². The lowest BCUT2D eigenvalue weighted by molar-refractivity contribution is 0.168. The second kappa shape index (κ2) is 12.9. The van der Waals surface area contributed by atoms with Gasteiger partial charge in [0.2, 0.25) is 0 Å². The highest BCUT2D eigenvalue weighted by atomic mass is 35.5. The lowest BCUT2D eigenvalue weighted by Crippen LogP contribution is -2.42. The van der Waals surface area contributed by atoms with Gasteiger partial charge in [-0.2, -0.15) is 0 Å². The molecular formula is C27H35ClFN5O4. The Morgan fingerprint density at radius 2 is 1.68 bits per heavy atom. The van der Waals surface area contributed by atoms with Gasteiger partial charge >= 0.3 is 17.8 Å². The average molecular weight is 548 g/mol. The number of hydrogen-bond acceptors (Lipinski definition) is 4. The first kappa shape index (κ1) is 29.2. The summed E-state index contributed by atoms with van der Waals surface area (Å²) < 4.78 is 16.1. The number of nitrogens with zero attached hydrogens (tertiary/aromatic N) is 3. The van der Waals surface area contributed by atoms with Gasteiger partial charge in [0.15, 0.2) is 0 Å². The molecule has 1 saturated heterocycles. The van der Waals surface area contributed by atoms with Crippen LogP contribution >= 0.6 is 12.4 Å². The summed E-state index contributed by atoms with van der Waals surface area (Å²) in [5, 5.41) is 14.7. The van der Waals surface area contributed by atoms with Crippen molar-refractivity contribution in [3.8, 4) is 0 Å². The monoisotopic (exact) mass is 547 g/mol. The molecule has 1 aromatic heterocycles. The molecule has 0 saturated carbocycles. The molecule has 11 heteroatoms. The summed E-state index contributed by atoms with van der Waals surface area (Å²) in [4.78, 5) is 39.5. The highest BCUT2D eigenvalue weighted by Crippen LogP contribution is 2.22. The van der Waals surface area contributed by atoms with Crippen LogP contribution in [0.2, 0.25) is 0 Å². The van der Waals surface area contributed by atoms with Crippen LogP contribution in [-0.4, -0.2) is 57.4 Å². The molecule has 0 aliphatic carbocycles. The number of benzene rings is 2. The van der Waals surface area contributed by atoms with Gasteiger partial charge in [-0.1, -0.05) is 24.3 Å². The zero-order valence-electron chi connectivity index (χ0n) is 21.6. The number of hydrogen-bond donors (Lipinski definition) is 3. The summed E-state index contributed by atoms with van der Waals surface area (Å²) >= 11 is 0. The second-order valence-electron chi connectivity index (χ2n) is 9.88. The van der Waals surface area contributed by atoms with Crippen molar-refractivity contribution < 1.29 is 19.1 Å². The van der Waals surface area contributed by atoms with Crippen molar-refractivity contribution in [1.82, 2.24) is 24.7 Å². The van der Waals surface area contributed by atoms with Crippen LogP contribution in [0.1, 0.15) is 50.8 Å². The first-order valence-corrected chi connectivity index (χ1v) is 12.7. The Morgan fingerprint density at radius 1 is 1.05 bits per heavy atom. The van der Waals surface area contributed by atoms with Crippen molar-refractivity contribution in [1.29, 1.82) is 0 Å². The maximum atomic E-state index is 13.3. The van der Waals surface area contributed by atoms with E-state index < -0.39 is 18.2 Å². The Kier molecular flexibility index (Phi) is 9.93. The third kappa shape index (κ3) is 6.73. The van der Waals surface area contributed by atoms with E-state index in [-0.39, 0.29) is 30.0 Å². The number of likely N-dealkylation sites (tertiary alicyclic amines) is 1. The fourth-order valence-electron chi connectivity index (χ4n) is 5.07. The lowest BCUT2D eigenvalue weighted by Gasteiger charge is -2.33. The third-order valence-electron chi connectivity index (χ3n) is 7.05. The molecule has 2 aromatic carbocycles.